The number of rotatable bonds is 7. The highest BCUT2D eigenvalue weighted by atomic mass is 15.2. The fourth-order valence-corrected chi connectivity index (χ4v) is 3.21. The molecule has 0 aliphatic rings. The first kappa shape index (κ1) is 18.2. The van der Waals surface area contributed by atoms with E-state index in [1.807, 2.05) is 0 Å². The number of nitrogens with zero attached hydrogens (tertiary/aromatic N) is 1. The van der Waals surface area contributed by atoms with Gasteiger partial charge in [0.1, 0.15) is 0 Å². The number of aryl methyl sites for hydroxylation is 3. The quantitative estimate of drug-likeness (QED) is 0.808. The molecule has 1 N–H and O–H groups in total. The monoisotopic (exact) mass is 290 g/mol. The summed E-state index contributed by atoms with van der Waals surface area (Å²) in [5.74, 6) is 0.678. The first-order chi connectivity index (χ1) is 9.77. The van der Waals surface area contributed by atoms with Crippen LogP contribution < -0.4 is 5.32 Å². The van der Waals surface area contributed by atoms with Crippen LogP contribution in [0.4, 0.5) is 0 Å². The maximum absolute atomic E-state index is 3.68. The van der Waals surface area contributed by atoms with Crippen molar-refractivity contribution in [1.82, 2.24) is 10.2 Å². The summed E-state index contributed by atoms with van der Waals surface area (Å²) in [7, 11) is 2.24. The molecule has 0 saturated heterocycles. The molecule has 0 aromatic heterocycles. The van der Waals surface area contributed by atoms with Gasteiger partial charge in [0.15, 0.2) is 0 Å². The molecule has 0 bridgehead atoms. The van der Waals surface area contributed by atoms with Gasteiger partial charge in [-0.2, -0.15) is 0 Å². The Labute approximate surface area is 131 Å². The van der Waals surface area contributed by atoms with E-state index in [1.54, 1.807) is 0 Å². The smallest absolute Gasteiger partial charge is 0.0454 e. The predicted octanol–water partition coefficient (Wildman–Crippen LogP) is 4.24. The van der Waals surface area contributed by atoms with Crippen molar-refractivity contribution < 1.29 is 0 Å². The third-order valence-electron chi connectivity index (χ3n) is 4.67. The van der Waals surface area contributed by atoms with Gasteiger partial charge in [0, 0.05) is 18.6 Å². The summed E-state index contributed by atoms with van der Waals surface area (Å²) in [6, 6.07) is 5.61. The molecule has 1 rings (SSSR count). The Morgan fingerprint density at radius 1 is 1.05 bits per heavy atom. The predicted molar refractivity (Wildman–Crippen MR) is 94.0 cm³/mol. The van der Waals surface area contributed by atoms with Crippen molar-refractivity contribution >= 4 is 0 Å². The van der Waals surface area contributed by atoms with Crippen LogP contribution in [0.1, 0.15) is 56.0 Å². The molecule has 0 saturated carbocycles. The van der Waals surface area contributed by atoms with Gasteiger partial charge in [-0.15, -0.1) is 0 Å². The topological polar surface area (TPSA) is 15.3 Å². The fourth-order valence-electron chi connectivity index (χ4n) is 3.21. The van der Waals surface area contributed by atoms with Gasteiger partial charge in [0.25, 0.3) is 0 Å². The lowest BCUT2D eigenvalue weighted by Gasteiger charge is -2.33. The summed E-state index contributed by atoms with van der Waals surface area (Å²) in [5.41, 5.74) is 5.64. The second-order valence-corrected chi connectivity index (χ2v) is 6.85. The lowest BCUT2D eigenvalue weighted by atomic mass is 9.93. The number of likely N-dealkylation sites (N-methyl/N-ethyl adjacent to an activating group) is 2. The average Bonchev–Trinajstić information content (AvgIpc) is 2.36. The first-order valence-electron chi connectivity index (χ1n) is 8.29. The van der Waals surface area contributed by atoms with Crippen molar-refractivity contribution in [2.45, 2.75) is 60.5 Å². The summed E-state index contributed by atoms with van der Waals surface area (Å²) in [6.45, 7) is 17.8. The van der Waals surface area contributed by atoms with E-state index in [-0.39, 0.29) is 0 Å². The molecule has 1 aromatic rings. The van der Waals surface area contributed by atoms with Crippen LogP contribution in [-0.4, -0.2) is 31.1 Å². The van der Waals surface area contributed by atoms with Crippen LogP contribution >= 0.6 is 0 Å². The summed E-state index contributed by atoms with van der Waals surface area (Å²) in [5, 5.41) is 3.68. The first-order valence-corrected chi connectivity index (χ1v) is 8.29. The molecule has 0 fully saturated rings. The number of benzene rings is 1. The molecule has 0 amide bonds. The molecule has 21 heavy (non-hydrogen) atoms. The van der Waals surface area contributed by atoms with Crippen molar-refractivity contribution in [2.75, 3.05) is 20.1 Å². The standard InChI is InChI=1S/C19H34N2/c1-9-20-18(12-21(8)17(7)13(2)3)19-15(5)10-14(4)11-16(19)6/h10-11,13,17-18,20H,9,12H2,1-8H3. The van der Waals surface area contributed by atoms with E-state index in [9.17, 15) is 0 Å². The summed E-state index contributed by atoms with van der Waals surface area (Å²) >= 11 is 0. The van der Waals surface area contributed by atoms with Crippen LogP contribution in [0.3, 0.4) is 0 Å². The Bertz CT molecular complexity index is 428. The van der Waals surface area contributed by atoms with Crippen molar-refractivity contribution in [3.63, 3.8) is 0 Å². The maximum atomic E-state index is 3.68. The van der Waals surface area contributed by atoms with E-state index in [4.69, 9.17) is 0 Å². The van der Waals surface area contributed by atoms with E-state index in [0.717, 1.165) is 13.1 Å². The van der Waals surface area contributed by atoms with Crippen molar-refractivity contribution in [1.29, 1.82) is 0 Å². The third kappa shape index (κ3) is 4.82. The molecule has 0 aliphatic heterocycles. The van der Waals surface area contributed by atoms with Crippen molar-refractivity contribution in [3.05, 3.63) is 34.4 Å². The second-order valence-electron chi connectivity index (χ2n) is 6.85. The Morgan fingerprint density at radius 3 is 2.00 bits per heavy atom. The lowest BCUT2D eigenvalue weighted by molar-refractivity contribution is 0.188. The molecular formula is C19H34N2. The Hall–Kier alpha value is -0.860. The minimum absolute atomic E-state index is 0.404. The second kappa shape index (κ2) is 7.95. The molecule has 0 aliphatic carbocycles. The van der Waals surface area contributed by atoms with Crippen molar-refractivity contribution in [2.24, 2.45) is 5.92 Å². The van der Waals surface area contributed by atoms with E-state index < -0.39 is 0 Å². The fraction of sp³-hybridized carbons (Fsp3) is 0.684. The SMILES string of the molecule is CCNC(CN(C)C(C)C(C)C)c1c(C)cc(C)cc1C. The normalized spacial score (nSPS) is 14.8. The van der Waals surface area contributed by atoms with Gasteiger partial charge in [-0.3, -0.25) is 0 Å². The molecule has 2 nitrogen and oxygen atoms in total. The molecule has 2 atom stereocenters. The van der Waals surface area contributed by atoms with Crippen LogP contribution in [0.25, 0.3) is 0 Å². The van der Waals surface area contributed by atoms with Gasteiger partial charge in [-0.05, 0) is 63.9 Å². The van der Waals surface area contributed by atoms with Gasteiger partial charge < -0.3 is 10.2 Å². The molecule has 2 unspecified atom stereocenters. The van der Waals surface area contributed by atoms with Gasteiger partial charge in [-0.25, -0.2) is 0 Å². The van der Waals surface area contributed by atoms with Gasteiger partial charge in [0.05, 0.1) is 0 Å². The Kier molecular flexibility index (Phi) is 6.89. The minimum atomic E-state index is 0.404. The van der Waals surface area contributed by atoms with Crippen molar-refractivity contribution in [3.8, 4) is 0 Å². The summed E-state index contributed by atoms with van der Waals surface area (Å²) < 4.78 is 0. The van der Waals surface area contributed by atoms with Crippen LogP contribution in [0.2, 0.25) is 0 Å². The maximum Gasteiger partial charge on any atom is 0.0454 e. The zero-order chi connectivity index (χ0) is 16.2. The molecule has 0 radical (unpaired) electrons. The molecule has 0 spiro atoms. The van der Waals surface area contributed by atoms with E-state index in [0.29, 0.717) is 18.0 Å². The highest BCUT2D eigenvalue weighted by molar-refractivity contribution is 5.39. The highest BCUT2D eigenvalue weighted by Gasteiger charge is 2.21. The lowest BCUT2D eigenvalue weighted by Crippen LogP contribution is -2.40. The zero-order valence-electron chi connectivity index (χ0n) is 15.2. The number of hydrogen-bond donors (Lipinski definition) is 1. The van der Waals surface area contributed by atoms with E-state index in [2.05, 4.69) is 77.9 Å². The molecule has 120 valence electrons. The van der Waals surface area contributed by atoms with Crippen LogP contribution in [-0.2, 0) is 0 Å². The van der Waals surface area contributed by atoms with Crippen LogP contribution in [0.5, 0.6) is 0 Å². The number of hydrogen-bond acceptors (Lipinski definition) is 2. The molecular weight excluding hydrogens is 256 g/mol. The largest absolute Gasteiger partial charge is 0.309 e. The zero-order valence-corrected chi connectivity index (χ0v) is 15.2. The number of nitrogens with one attached hydrogen (secondary N) is 1. The van der Waals surface area contributed by atoms with Crippen LogP contribution in [0.15, 0.2) is 12.1 Å². The summed E-state index contributed by atoms with van der Waals surface area (Å²) in [4.78, 5) is 2.48. The molecule has 1 aromatic carbocycles. The van der Waals surface area contributed by atoms with Gasteiger partial charge >= 0.3 is 0 Å². The van der Waals surface area contributed by atoms with Gasteiger partial charge in [0.2, 0.25) is 0 Å². The van der Waals surface area contributed by atoms with Gasteiger partial charge in [-0.1, -0.05) is 38.5 Å². The average molecular weight is 290 g/mol. The van der Waals surface area contributed by atoms with E-state index >= 15 is 0 Å². The Morgan fingerprint density at radius 2 is 1.57 bits per heavy atom. The van der Waals surface area contributed by atoms with Crippen LogP contribution in [0, 0.1) is 26.7 Å². The molecule has 0 heterocycles. The highest BCUT2D eigenvalue weighted by Crippen LogP contribution is 2.25. The van der Waals surface area contributed by atoms with E-state index in [1.165, 1.54) is 22.3 Å². The minimum Gasteiger partial charge on any atom is -0.309 e. The summed E-state index contributed by atoms with van der Waals surface area (Å²) in [6.07, 6.45) is 0. The molecule has 2 heteroatoms. The Balaban J connectivity index is 3.02. The third-order valence-corrected chi connectivity index (χ3v) is 4.67.